The monoisotopic (exact) mass is 349 g/mol. The second-order valence-corrected chi connectivity index (χ2v) is 8.29. The van der Waals surface area contributed by atoms with Gasteiger partial charge in [0, 0.05) is 24.7 Å². The quantitative estimate of drug-likeness (QED) is 0.739. The minimum absolute atomic E-state index is 0.0603. The topological polar surface area (TPSA) is 104 Å². The number of fused-ring (bicyclic) bond motifs is 3. The number of aromatic amines is 1. The molecule has 0 aromatic carbocycles. The van der Waals surface area contributed by atoms with Gasteiger partial charge in [-0.1, -0.05) is 0 Å². The van der Waals surface area contributed by atoms with Gasteiger partial charge in [-0.3, -0.25) is 0 Å². The van der Waals surface area contributed by atoms with E-state index in [1.807, 2.05) is 16.8 Å². The number of imidazole rings is 1. The summed E-state index contributed by atoms with van der Waals surface area (Å²) in [5.74, 6) is 0.542. The van der Waals surface area contributed by atoms with E-state index in [1.54, 1.807) is 13.1 Å². The van der Waals surface area contributed by atoms with Gasteiger partial charge >= 0.3 is 0 Å². The highest BCUT2D eigenvalue weighted by Gasteiger charge is 2.33. The molecule has 9 heteroatoms. The first-order chi connectivity index (χ1) is 11.4. The molecule has 0 bridgehead atoms. The molecule has 1 unspecified atom stereocenters. The number of aliphatic hydroxyl groups is 1. The third kappa shape index (κ3) is 2.31. The molecule has 1 aliphatic heterocycles. The fourth-order valence-corrected chi connectivity index (χ4v) is 4.38. The van der Waals surface area contributed by atoms with E-state index in [2.05, 4.69) is 15.0 Å². The summed E-state index contributed by atoms with van der Waals surface area (Å²) in [6, 6.07) is 1.87. The van der Waals surface area contributed by atoms with Crippen LogP contribution >= 0.6 is 0 Å². The van der Waals surface area contributed by atoms with Crippen LogP contribution in [-0.4, -0.2) is 56.7 Å². The van der Waals surface area contributed by atoms with Crippen LogP contribution in [0.3, 0.4) is 0 Å². The molecule has 2 atom stereocenters. The number of H-pyrrole nitrogens is 1. The molecule has 4 rings (SSSR count). The Labute approximate surface area is 139 Å². The zero-order chi connectivity index (χ0) is 17.1. The molecule has 128 valence electrons. The highest BCUT2D eigenvalue weighted by molar-refractivity contribution is 7.88. The maximum Gasteiger partial charge on any atom is 0.211 e. The van der Waals surface area contributed by atoms with Gasteiger partial charge in [0.05, 0.1) is 24.0 Å². The SMILES string of the molecule is C[C@@H](O)c1nc2cnc3[nH]ccc3c2n1C1CCN(S(C)(=O)=O)C1. The van der Waals surface area contributed by atoms with Crippen LogP contribution in [0.25, 0.3) is 22.1 Å². The molecule has 1 aliphatic rings. The van der Waals surface area contributed by atoms with Crippen molar-refractivity contribution < 1.29 is 13.5 Å². The largest absolute Gasteiger partial charge is 0.385 e. The summed E-state index contributed by atoms with van der Waals surface area (Å²) in [6.07, 6.45) is 4.66. The fraction of sp³-hybridized carbons (Fsp3) is 0.467. The van der Waals surface area contributed by atoms with E-state index in [0.717, 1.165) is 16.6 Å². The van der Waals surface area contributed by atoms with Crippen LogP contribution in [0.15, 0.2) is 18.5 Å². The summed E-state index contributed by atoms with van der Waals surface area (Å²) in [4.78, 5) is 12.0. The van der Waals surface area contributed by atoms with Crippen molar-refractivity contribution in [2.75, 3.05) is 19.3 Å². The summed E-state index contributed by atoms with van der Waals surface area (Å²) in [5, 5.41) is 11.1. The lowest BCUT2D eigenvalue weighted by Gasteiger charge is -2.19. The van der Waals surface area contributed by atoms with E-state index in [1.165, 1.54) is 10.6 Å². The van der Waals surface area contributed by atoms with Crippen molar-refractivity contribution in [2.45, 2.75) is 25.5 Å². The van der Waals surface area contributed by atoms with Crippen molar-refractivity contribution in [3.8, 4) is 0 Å². The van der Waals surface area contributed by atoms with Gasteiger partial charge < -0.3 is 14.7 Å². The van der Waals surface area contributed by atoms with Gasteiger partial charge in [-0.2, -0.15) is 0 Å². The molecule has 4 heterocycles. The van der Waals surface area contributed by atoms with Gasteiger partial charge in [0.15, 0.2) is 0 Å². The molecule has 24 heavy (non-hydrogen) atoms. The molecule has 0 amide bonds. The molecule has 0 saturated carbocycles. The van der Waals surface area contributed by atoms with E-state index >= 15 is 0 Å². The third-order valence-electron chi connectivity index (χ3n) is 4.60. The number of aromatic nitrogens is 4. The number of nitrogens with zero attached hydrogens (tertiary/aromatic N) is 4. The Morgan fingerprint density at radius 3 is 2.92 bits per heavy atom. The highest BCUT2D eigenvalue weighted by atomic mass is 32.2. The summed E-state index contributed by atoms with van der Waals surface area (Å²) in [6.45, 7) is 2.53. The average molecular weight is 349 g/mol. The third-order valence-corrected chi connectivity index (χ3v) is 5.87. The van der Waals surface area contributed by atoms with Crippen molar-refractivity contribution in [1.29, 1.82) is 0 Å². The predicted octanol–water partition coefficient (Wildman–Crippen LogP) is 1.17. The van der Waals surface area contributed by atoms with Crippen LogP contribution < -0.4 is 0 Å². The zero-order valence-corrected chi connectivity index (χ0v) is 14.3. The summed E-state index contributed by atoms with van der Waals surface area (Å²) in [7, 11) is -3.23. The normalized spacial score (nSPS) is 21.0. The van der Waals surface area contributed by atoms with Gasteiger partial charge in [0.25, 0.3) is 0 Å². The lowest BCUT2D eigenvalue weighted by Crippen LogP contribution is -2.28. The highest BCUT2D eigenvalue weighted by Crippen LogP contribution is 2.34. The lowest BCUT2D eigenvalue weighted by atomic mass is 10.2. The first-order valence-corrected chi connectivity index (χ1v) is 9.68. The van der Waals surface area contributed by atoms with E-state index < -0.39 is 16.1 Å². The second-order valence-electron chi connectivity index (χ2n) is 6.31. The maximum absolute atomic E-state index is 11.8. The van der Waals surface area contributed by atoms with Crippen LogP contribution in [0.2, 0.25) is 0 Å². The summed E-state index contributed by atoms with van der Waals surface area (Å²) in [5.41, 5.74) is 2.34. The molecule has 3 aromatic rings. The standard InChI is InChI=1S/C15H19N5O3S/c1-9(21)15-18-12-7-17-14-11(3-5-16-14)13(12)20(15)10-4-6-19(8-10)24(2,22)23/h3,5,7,9-10,21H,4,6,8H2,1-2H3,(H,16,17)/t9-,10?/m1/s1. The van der Waals surface area contributed by atoms with Crippen molar-refractivity contribution >= 4 is 32.1 Å². The Hall–Kier alpha value is -1.97. The van der Waals surface area contributed by atoms with Gasteiger partial charge in [-0.15, -0.1) is 0 Å². The summed E-state index contributed by atoms with van der Waals surface area (Å²) >= 11 is 0. The van der Waals surface area contributed by atoms with Gasteiger partial charge in [-0.05, 0) is 19.4 Å². The molecular formula is C15H19N5O3S. The second kappa shape index (κ2) is 5.27. The van der Waals surface area contributed by atoms with E-state index in [9.17, 15) is 13.5 Å². The van der Waals surface area contributed by atoms with Crippen LogP contribution in [0.1, 0.15) is 31.3 Å². The number of pyridine rings is 1. The molecule has 1 saturated heterocycles. The van der Waals surface area contributed by atoms with Crippen LogP contribution in [0.4, 0.5) is 0 Å². The number of rotatable bonds is 3. The maximum atomic E-state index is 11.8. The molecule has 1 fully saturated rings. The number of hydrogen-bond donors (Lipinski definition) is 2. The van der Waals surface area contributed by atoms with Gasteiger partial charge in [-0.25, -0.2) is 22.7 Å². The van der Waals surface area contributed by atoms with Crippen molar-refractivity contribution in [1.82, 2.24) is 23.8 Å². The van der Waals surface area contributed by atoms with Gasteiger partial charge in [0.2, 0.25) is 10.0 Å². The first kappa shape index (κ1) is 15.6. The Morgan fingerprint density at radius 1 is 1.46 bits per heavy atom. The number of sulfonamides is 1. The average Bonchev–Trinajstić information content (AvgIpc) is 3.22. The molecule has 8 nitrogen and oxygen atoms in total. The smallest absolute Gasteiger partial charge is 0.211 e. The Balaban J connectivity index is 1.93. The minimum Gasteiger partial charge on any atom is -0.385 e. The molecule has 0 aliphatic carbocycles. The zero-order valence-electron chi connectivity index (χ0n) is 13.5. The molecule has 2 N–H and O–H groups in total. The van der Waals surface area contributed by atoms with Gasteiger partial charge in [0.1, 0.15) is 23.1 Å². The molecule has 3 aromatic heterocycles. The van der Waals surface area contributed by atoms with E-state index in [0.29, 0.717) is 30.9 Å². The fourth-order valence-electron chi connectivity index (χ4n) is 3.50. The Morgan fingerprint density at radius 2 is 2.25 bits per heavy atom. The lowest BCUT2D eigenvalue weighted by molar-refractivity contribution is 0.182. The predicted molar refractivity (Wildman–Crippen MR) is 90.1 cm³/mol. The van der Waals surface area contributed by atoms with E-state index in [4.69, 9.17) is 0 Å². The van der Waals surface area contributed by atoms with Crippen molar-refractivity contribution in [3.05, 3.63) is 24.3 Å². The first-order valence-electron chi connectivity index (χ1n) is 7.83. The molecule has 0 radical (unpaired) electrons. The van der Waals surface area contributed by atoms with E-state index in [-0.39, 0.29) is 6.04 Å². The Kier molecular flexibility index (Phi) is 3.41. The van der Waals surface area contributed by atoms with Crippen LogP contribution in [0, 0.1) is 0 Å². The van der Waals surface area contributed by atoms with Crippen molar-refractivity contribution in [3.63, 3.8) is 0 Å². The van der Waals surface area contributed by atoms with Crippen molar-refractivity contribution in [2.24, 2.45) is 0 Å². The minimum atomic E-state index is -3.23. The molecular weight excluding hydrogens is 330 g/mol. The number of aliphatic hydroxyl groups excluding tert-OH is 1. The Bertz CT molecular complexity index is 1020. The van der Waals surface area contributed by atoms with Crippen LogP contribution in [-0.2, 0) is 10.0 Å². The number of hydrogen-bond acceptors (Lipinski definition) is 5. The number of nitrogens with one attached hydrogen (secondary N) is 1. The van der Waals surface area contributed by atoms with Crippen LogP contribution in [0.5, 0.6) is 0 Å². The summed E-state index contributed by atoms with van der Waals surface area (Å²) < 4.78 is 27.1. The molecule has 0 spiro atoms.